The molecular formula is C17H25IN4O2. The van der Waals surface area contributed by atoms with Crippen molar-refractivity contribution in [3.8, 4) is 0 Å². The van der Waals surface area contributed by atoms with Gasteiger partial charge in [0, 0.05) is 24.7 Å². The van der Waals surface area contributed by atoms with Gasteiger partial charge in [0.25, 0.3) is 0 Å². The number of guanidine groups is 1. The molecule has 1 amide bonds. The molecule has 0 unspecified atom stereocenters. The van der Waals surface area contributed by atoms with Crippen LogP contribution < -0.4 is 11.1 Å². The Morgan fingerprint density at radius 3 is 2.75 bits per heavy atom. The van der Waals surface area contributed by atoms with Gasteiger partial charge in [-0.25, -0.2) is 4.99 Å². The monoisotopic (exact) mass is 444 g/mol. The number of nitrogens with zero attached hydrogens (tertiary/aromatic N) is 2. The van der Waals surface area contributed by atoms with Gasteiger partial charge in [-0.05, 0) is 30.5 Å². The number of hydrogen-bond donors (Lipinski definition) is 2. The van der Waals surface area contributed by atoms with Gasteiger partial charge in [-0.1, -0.05) is 18.6 Å². The van der Waals surface area contributed by atoms with Crippen LogP contribution in [0.2, 0.25) is 0 Å². The number of aliphatic imine (C=N–C) groups is 1. The molecule has 0 aromatic heterocycles. The number of anilines is 1. The zero-order valence-electron chi connectivity index (χ0n) is 13.7. The Hall–Kier alpha value is -1.35. The third kappa shape index (κ3) is 5.07. The molecule has 3 rings (SSSR count). The predicted molar refractivity (Wildman–Crippen MR) is 106 cm³/mol. The van der Waals surface area contributed by atoms with Crippen LogP contribution in [0.15, 0.2) is 29.3 Å². The van der Waals surface area contributed by atoms with E-state index < -0.39 is 0 Å². The Kier molecular flexibility index (Phi) is 7.29. The number of morpholine rings is 1. The Balaban J connectivity index is 0.00000208. The first-order valence-electron chi connectivity index (χ1n) is 8.25. The number of carbonyl (C=O) groups is 1. The van der Waals surface area contributed by atoms with E-state index in [4.69, 9.17) is 10.5 Å². The van der Waals surface area contributed by atoms with Crippen molar-refractivity contribution in [1.82, 2.24) is 4.90 Å². The fraction of sp³-hybridized carbons (Fsp3) is 0.529. The molecule has 1 heterocycles. The first kappa shape index (κ1) is 19.0. The third-order valence-corrected chi connectivity index (χ3v) is 4.43. The lowest BCUT2D eigenvalue weighted by Crippen LogP contribution is -2.44. The molecule has 6 nitrogen and oxygen atoms in total. The number of benzene rings is 1. The van der Waals surface area contributed by atoms with E-state index in [2.05, 4.69) is 10.3 Å². The van der Waals surface area contributed by atoms with Gasteiger partial charge < -0.3 is 20.7 Å². The molecule has 2 aliphatic rings. The standard InChI is InChI=1S/C17H24N4O2.HI/c18-17(21-7-9-23-10-8-21)19-12-13-3-1-6-15(11-13)20-16(22)14-4-2-5-14;/h1,3,6,11,14H,2,4-5,7-10,12H2,(H2,18,19)(H,20,22);1H. The van der Waals surface area contributed by atoms with Gasteiger partial charge in [0.15, 0.2) is 5.96 Å². The smallest absolute Gasteiger partial charge is 0.227 e. The third-order valence-electron chi connectivity index (χ3n) is 4.43. The first-order valence-corrected chi connectivity index (χ1v) is 8.25. The summed E-state index contributed by atoms with van der Waals surface area (Å²) in [5.41, 5.74) is 7.90. The summed E-state index contributed by atoms with van der Waals surface area (Å²) in [6.07, 6.45) is 3.17. The molecule has 2 fully saturated rings. The molecule has 3 N–H and O–H groups in total. The van der Waals surface area contributed by atoms with Crippen molar-refractivity contribution in [1.29, 1.82) is 0 Å². The highest BCUT2D eigenvalue weighted by molar-refractivity contribution is 14.0. The zero-order chi connectivity index (χ0) is 16.1. The SMILES string of the molecule is I.NC(=NCc1cccc(NC(=O)C2CCC2)c1)N1CCOCC1. The highest BCUT2D eigenvalue weighted by Gasteiger charge is 2.25. The van der Waals surface area contributed by atoms with Gasteiger partial charge in [0.1, 0.15) is 0 Å². The Labute approximate surface area is 159 Å². The maximum absolute atomic E-state index is 12.0. The molecule has 1 saturated heterocycles. The second-order valence-electron chi connectivity index (χ2n) is 6.09. The van der Waals surface area contributed by atoms with Crippen molar-refractivity contribution in [2.24, 2.45) is 16.6 Å². The summed E-state index contributed by atoms with van der Waals surface area (Å²) >= 11 is 0. The van der Waals surface area contributed by atoms with Gasteiger partial charge in [-0.3, -0.25) is 4.79 Å². The molecule has 0 atom stereocenters. The van der Waals surface area contributed by atoms with Crippen molar-refractivity contribution >= 4 is 41.5 Å². The summed E-state index contributed by atoms with van der Waals surface area (Å²) in [7, 11) is 0. The molecule has 1 aliphatic carbocycles. The number of amides is 1. The number of nitrogens with two attached hydrogens (primary N) is 1. The summed E-state index contributed by atoms with van der Waals surface area (Å²) in [5.74, 6) is 0.871. The van der Waals surface area contributed by atoms with E-state index in [0.717, 1.165) is 43.6 Å². The minimum absolute atomic E-state index is 0. The molecule has 1 aromatic carbocycles. The van der Waals surface area contributed by atoms with Gasteiger partial charge >= 0.3 is 0 Å². The number of carbonyl (C=O) groups excluding carboxylic acids is 1. The average Bonchev–Trinajstić information content (AvgIpc) is 2.52. The van der Waals surface area contributed by atoms with Crippen LogP contribution in [-0.2, 0) is 16.1 Å². The van der Waals surface area contributed by atoms with Crippen LogP contribution in [0.25, 0.3) is 0 Å². The molecule has 1 aromatic rings. The van der Waals surface area contributed by atoms with Crippen LogP contribution in [0.4, 0.5) is 5.69 Å². The summed E-state index contributed by atoms with van der Waals surface area (Å²) in [4.78, 5) is 18.5. The number of rotatable bonds is 4. The summed E-state index contributed by atoms with van der Waals surface area (Å²) in [6.45, 7) is 3.47. The molecule has 24 heavy (non-hydrogen) atoms. The number of halogens is 1. The number of hydrogen-bond acceptors (Lipinski definition) is 3. The minimum Gasteiger partial charge on any atom is -0.378 e. The quantitative estimate of drug-likeness (QED) is 0.424. The van der Waals surface area contributed by atoms with Crippen molar-refractivity contribution < 1.29 is 9.53 Å². The second-order valence-corrected chi connectivity index (χ2v) is 6.09. The Bertz CT molecular complexity index is 584. The highest BCUT2D eigenvalue weighted by atomic mass is 127. The van der Waals surface area contributed by atoms with Gasteiger partial charge in [-0.15, -0.1) is 24.0 Å². The number of nitrogens with one attached hydrogen (secondary N) is 1. The largest absolute Gasteiger partial charge is 0.378 e. The van der Waals surface area contributed by atoms with Crippen molar-refractivity contribution in [2.45, 2.75) is 25.8 Å². The Morgan fingerprint density at radius 1 is 1.33 bits per heavy atom. The van der Waals surface area contributed by atoms with Crippen molar-refractivity contribution in [2.75, 3.05) is 31.6 Å². The van der Waals surface area contributed by atoms with E-state index in [1.807, 2.05) is 29.2 Å². The van der Waals surface area contributed by atoms with E-state index in [9.17, 15) is 4.79 Å². The van der Waals surface area contributed by atoms with Crippen molar-refractivity contribution in [3.05, 3.63) is 29.8 Å². The summed E-state index contributed by atoms with van der Waals surface area (Å²) in [5, 5.41) is 2.99. The van der Waals surface area contributed by atoms with Gasteiger partial charge in [0.05, 0.1) is 19.8 Å². The molecule has 1 aliphatic heterocycles. The van der Waals surface area contributed by atoms with E-state index in [0.29, 0.717) is 25.7 Å². The van der Waals surface area contributed by atoms with Crippen LogP contribution in [0.1, 0.15) is 24.8 Å². The minimum atomic E-state index is 0. The average molecular weight is 444 g/mol. The van der Waals surface area contributed by atoms with Crippen LogP contribution in [-0.4, -0.2) is 43.1 Å². The normalized spacial score (nSPS) is 18.5. The van der Waals surface area contributed by atoms with Crippen LogP contribution in [0.3, 0.4) is 0 Å². The zero-order valence-corrected chi connectivity index (χ0v) is 16.1. The summed E-state index contributed by atoms with van der Waals surface area (Å²) in [6, 6.07) is 7.81. The van der Waals surface area contributed by atoms with Crippen LogP contribution in [0.5, 0.6) is 0 Å². The van der Waals surface area contributed by atoms with Gasteiger partial charge in [-0.2, -0.15) is 0 Å². The van der Waals surface area contributed by atoms with E-state index in [1.54, 1.807) is 0 Å². The lowest BCUT2D eigenvalue weighted by Gasteiger charge is -2.27. The van der Waals surface area contributed by atoms with Crippen LogP contribution in [0, 0.1) is 5.92 Å². The lowest BCUT2D eigenvalue weighted by atomic mass is 9.85. The predicted octanol–water partition coefficient (Wildman–Crippen LogP) is 2.19. The summed E-state index contributed by atoms with van der Waals surface area (Å²) < 4.78 is 5.31. The number of ether oxygens (including phenoxy) is 1. The second kappa shape index (κ2) is 9.22. The first-order chi connectivity index (χ1) is 11.2. The van der Waals surface area contributed by atoms with Gasteiger partial charge in [0.2, 0.25) is 5.91 Å². The fourth-order valence-corrected chi connectivity index (χ4v) is 2.73. The molecule has 7 heteroatoms. The molecule has 0 spiro atoms. The molecule has 0 radical (unpaired) electrons. The topological polar surface area (TPSA) is 79.9 Å². The maximum Gasteiger partial charge on any atom is 0.227 e. The fourth-order valence-electron chi connectivity index (χ4n) is 2.73. The van der Waals surface area contributed by atoms with E-state index in [1.165, 1.54) is 0 Å². The molecule has 132 valence electrons. The van der Waals surface area contributed by atoms with E-state index in [-0.39, 0.29) is 35.8 Å². The lowest BCUT2D eigenvalue weighted by molar-refractivity contribution is -0.122. The van der Waals surface area contributed by atoms with Crippen molar-refractivity contribution in [3.63, 3.8) is 0 Å². The molecule has 0 bridgehead atoms. The highest BCUT2D eigenvalue weighted by Crippen LogP contribution is 2.27. The Morgan fingerprint density at radius 2 is 2.08 bits per heavy atom. The van der Waals surface area contributed by atoms with Crippen LogP contribution >= 0.6 is 24.0 Å². The molecule has 1 saturated carbocycles. The van der Waals surface area contributed by atoms with E-state index >= 15 is 0 Å². The molecular weight excluding hydrogens is 419 g/mol. The maximum atomic E-state index is 12.0.